The fraction of sp³-hybridized carbons (Fsp3) is 0.571. The Balaban J connectivity index is 1.69. The van der Waals surface area contributed by atoms with Crippen LogP contribution >= 0.6 is 0 Å². The molecule has 0 radical (unpaired) electrons. The van der Waals surface area contributed by atoms with Gasteiger partial charge in [0.15, 0.2) is 5.96 Å². The molecule has 0 amide bonds. The maximum absolute atomic E-state index is 4.20. The number of H-pyrrole nitrogens is 1. The van der Waals surface area contributed by atoms with Gasteiger partial charge in [-0.1, -0.05) is 0 Å². The minimum Gasteiger partial charge on any atom is -0.356 e. The molecule has 70 valence electrons. The van der Waals surface area contributed by atoms with Crippen molar-refractivity contribution in [3.63, 3.8) is 0 Å². The summed E-state index contributed by atoms with van der Waals surface area (Å²) in [7, 11) is 0. The average molecular weight is 180 g/mol. The van der Waals surface area contributed by atoms with Gasteiger partial charge in [0, 0.05) is 19.5 Å². The van der Waals surface area contributed by atoms with Gasteiger partial charge in [0.05, 0.1) is 6.54 Å². The lowest BCUT2D eigenvalue weighted by Crippen LogP contribution is -2.35. The Bertz CT molecular complexity index is 277. The molecule has 0 atom stereocenters. The molecule has 0 saturated heterocycles. The van der Waals surface area contributed by atoms with Gasteiger partial charge < -0.3 is 10.6 Å². The quantitative estimate of drug-likeness (QED) is 0.551. The van der Waals surface area contributed by atoms with Gasteiger partial charge in [-0.05, 0) is 0 Å². The van der Waals surface area contributed by atoms with E-state index >= 15 is 0 Å². The lowest BCUT2D eigenvalue weighted by Gasteiger charge is -2.03. The first-order chi connectivity index (χ1) is 6.45. The summed E-state index contributed by atoms with van der Waals surface area (Å²) < 4.78 is 0. The van der Waals surface area contributed by atoms with Crippen molar-refractivity contribution in [1.29, 1.82) is 0 Å². The van der Waals surface area contributed by atoms with Gasteiger partial charge in [0.2, 0.25) is 0 Å². The molecule has 3 N–H and O–H groups in total. The molecule has 1 aliphatic heterocycles. The molecule has 0 saturated carbocycles. The highest BCUT2D eigenvalue weighted by Crippen LogP contribution is 1.86. The second kappa shape index (κ2) is 3.88. The van der Waals surface area contributed by atoms with Crippen LogP contribution in [0.15, 0.2) is 11.3 Å². The predicted octanol–water partition coefficient (Wildman–Crippen LogP) is -1.10. The summed E-state index contributed by atoms with van der Waals surface area (Å²) in [4.78, 5) is 8.22. The molecule has 1 aromatic rings. The van der Waals surface area contributed by atoms with Crippen molar-refractivity contribution in [2.24, 2.45) is 4.99 Å². The van der Waals surface area contributed by atoms with Crippen LogP contribution < -0.4 is 10.6 Å². The number of guanidine groups is 1. The number of nitrogens with one attached hydrogen (secondary N) is 3. The van der Waals surface area contributed by atoms with Crippen LogP contribution in [0.3, 0.4) is 0 Å². The summed E-state index contributed by atoms with van der Waals surface area (Å²) in [5.74, 6) is 1.78. The Kier molecular flexibility index (Phi) is 2.40. The Morgan fingerprint density at radius 1 is 1.54 bits per heavy atom. The van der Waals surface area contributed by atoms with E-state index in [0.717, 1.165) is 37.8 Å². The molecule has 6 heteroatoms. The standard InChI is InChI=1S/C7H12N6/c1(6-11-5-12-13-6)2-8-7-9-3-4-10-7/h5H,1-4H2,(H2,8,9,10)(H,11,12,13). The maximum atomic E-state index is 4.20. The molecule has 6 nitrogen and oxygen atoms in total. The van der Waals surface area contributed by atoms with Crippen molar-refractivity contribution in [3.05, 3.63) is 12.2 Å². The molecule has 13 heavy (non-hydrogen) atoms. The SMILES string of the molecule is c1n[nH]c(CCNC2=NCCN2)n1. The first-order valence-corrected chi connectivity index (χ1v) is 4.31. The normalized spacial score (nSPS) is 15.2. The van der Waals surface area contributed by atoms with E-state index < -0.39 is 0 Å². The van der Waals surface area contributed by atoms with E-state index in [1.807, 2.05) is 0 Å². The van der Waals surface area contributed by atoms with E-state index in [-0.39, 0.29) is 0 Å². The van der Waals surface area contributed by atoms with Gasteiger partial charge in [-0.25, -0.2) is 4.98 Å². The fourth-order valence-corrected chi connectivity index (χ4v) is 1.17. The highest BCUT2D eigenvalue weighted by atomic mass is 15.2. The second-order valence-corrected chi connectivity index (χ2v) is 2.77. The molecular formula is C7H12N6. The Morgan fingerprint density at radius 2 is 2.54 bits per heavy atom. The topological polar surface area (TPSA) is 78.0 Å². The van der Waals surface area contributed by atoms with Crippen LogP contribution in [-0.4, -0.2) is 40.8 Å². The number of hydrogen-bond acceptors (Lipinski definition) is 5. The number of nitrogens with zero attached hydrogens (tertiary/aromatic N) is 3. The van der Waals surface area contributed by atoms with Crippen molar-refractivity contribution >= 4 is 5.96 Å². The van der Waals surface area contributed by atoms with Gasteiger partial charge >= 0.3 is 0 Å². The van der Waals surface area contributed by atoms with Crippen molar-refractivity contribution in [1.82, 2.24) is 25.8 Å². The molecule has 0 bridgehead atoms. The number of rotatable bonds is 3. The van der Waals surface area contributed by atoms with Crippen LogP contribution in [0.4, 0.5) is 0 Å². The molecule has 2 heterocycles. The predicted molar refractivity (Wildman–Crippen MR) is 48.4 cm³/mol. The van der Waals surface area contributed by atoms with E-state index in [1.54, 1.807) is 0 Å². The zero-order valence-electron chi connectivity index (χ0n) is 7.25. The number of hydrogen-bond donors (Lipinski definition) is 3. The number of aliphatic imine (C=N–C) groups is 1. The molecule has 0 unspecified atom stereocenters. The van der Waals surface area contributed by atoms with Gasteiger partial charge in [-0.3, -0.25) is 10.1 Å². The van der Waals surface area contributed by atoms with Crippen LogP contribution in [0.5, 0.6) is 0 Å². The molecule has 0 fully saturated rings. The zero-order valence-corrected chi connectivity index (χ0v) is 7.25. The van der Waals surface area contributed by atoms with Crippen LogP contribution in [0, 0.1) is 0 Å². The summed E-state index contributed by atoms with van der Waals surface area (Å²) in [6, 6.07) is 0. The minimum absolute atomic E-state index is 0.820. The molecule has 1 aliphatic rings. The maximum Gasteiger partial charge on any atom is 0.191 e. The average Bonchev–Trinajstić information content (AvgIpc) is 2.75. The van der Waals surface area contributed by atoms with E-state index in [1.165, 1.54) is 6.33 Å². The van der Waals surface area contributed by atoms with E-state index in [9.17, 15) is 0 Å². The van der Waals surface area contributed by atoms with Gasteiger partial charge in [-0.15, -0.1) is 0 Å². The third-order valence-corrected chi connectivity index (χ3v) is 1.79. The Hall–Kier alpha value is -1.59. The smallest absolute Gasteiger partial charge is 0.191 e. The summed E-state index contributed by atoms with van der Waals surface area (Å²) >= 11 is 0. The Labute approximate surface area is 75.9 Å². The van der Waals surface area contributed by atoms with Crippen molar-refractivity contribution in [3.8, 4) is 0 Å². The van der Waals surface area contributed by atoms with Gasteiger partial charge in [0.25, 0.3) is 0 Å². The molecule has 1 aromatic heterocycles. The van der Waals surface area contributed by atoms with Crippen LogP contribution in [0.2, 0.25) is 0 Å². The first kappa shape index (κ1) is 8.03. The molecule has 2 rings (SSSR count). The minimum atomic E-state index is 0.820. The third kappa shape index (κ3) is 2.17. The first-order valence-electron chi connectivity index (χ1n) is 4.31. The van der Waals surface area contributed by atoms with Crippen molar-refractivity contribution in [2.75, 3.05) is 19.6 Å². The monoisotopic (exact) mass is 180 g/mol. The molecular weight excluding hydrogens is 168 g/mol. The van der Waals surface area contributed by atoms with E-state index in [2.05, 4.69) is 30.8 Å². The highest BCUT2D eigenvalue weighted by Gasteiger charge is 2.03. The van der Waals surface area contributed by atoms with Crippen LogP contribution in [0.1, 0.15) is 5.82 Å². The van der Waals surface area contributed by atoms with E-state index in [4.69, 9.17) is 0 Å². The molecule has 0 aliphatic carbocycles. The van der Waals surface area contributed by atoms with Gasteiger partial charge in [-0.2, -0.15) is 5.10 Å². The Morgan fingerprint density at radius 3 is 3.23 bits per heavy atom. The summed E-state index contributed by atoms with van der Waals surface area (Å²) in [5, 5.41) is 12.9. The largest absolute Gasteiger partial charge is 0.356 e. The number of aromatic amines is 1. The summed E-state index contributed by atoms with van der Waals surface area (Å²) in [6.07, 6.45) is 2.35. The lowest BCUT2D eigenvalue weighted by molar-refractivity contribution is 0.796. The molecule has 0 spiro atoms. The fourth-order valence-electron chi connectivity index (χ4n) is 1.17. The lowest BCUT2D eigenvalue weighted by atomic mass is 10.4. The van der Waals surface area contributed by atoms with Crippen LogP contribution in [0.25, 0.3) is 0 Å². The zero-order chi connectivity index (χ0) is 8.93. The highest BCUT2D eigenvalue weighted by molar-refractivity contribution is 5.81. The van der Waals surface area contributed by atoms with Crippen molar-refractivity contribution < 1.29 is 0 Å². The number of aromatic nitrogens is 3. The summed E-state index contributed by atoms with van der Waals surface area (Å²) in [6.45, 7) is 2.62. The van der Waals surface area contributed by atoms with Crippen molar-refractivity contribution in [2.45, 2.75) is 6.42 Å². The van der Waals surface area contributed by atoms with Gasteiger partial charge in [0.1, 0.15) is 12.2 Å². The molecule has 0 aromatic carbocycles. The second-order valence-electron chi connectivity index (χ2n) is 2.77. The summed E-state index contributed by atoms with van der Waals surface area (Å²) in [5.41, 5.74) is 0. The third-order valence-electron chi connectivity index (χ3n) is 1.79. The van der Waals surface area contributed by atoms with Crippen LogP contribution in [-0.2, 0) is 6.42 Å². The van der Waals surface area contributed by atoms with E-state index in [0.29, 0.717) is 0 Å².